The fourth-order valence-electron chi connectivity index (χ4n) is 3.92. The highest BCUT2D eigenvalue weighted by Crippen LogP contribution is 2.25. The third kappa shape index (κ3) is 3.24. The van der Waals surface area contributed by atoms with Gasteiger partial charge in [-0.3, -0.25) is 9.80 Å². The lowest BCUT2D eigenvalue weighted by Gasteiger charge is -2.30. The molecule has 0 bridgehead atoms. The number of hydrogen-bond acceptors (Lipinski definition) is 7. The average molecular weight is 332 g/mol. The summed E-state index contributed by atoms with van der Waals surface area (Å²) in [5.74, 6) is 1.77. The smallest absolute Gasteiger partial charge is 0.241 e. The van der Waals surface area contributed by atoms with Crippen LogP contribution < -0.4 is 0 Å². The largest absolute Gasteiger partial charge is 0.461 e. The van der Waals surface area contributed by atoms with Gasteiger partial charge in [0.05, 0.1) is 19.4 Å². The molecule has 2 aliphatic heterocycles. The molecule has 1 N–H and O–H groups in total. The van der Waals surface area contributed by atoms with Crippen molar-refractivity contribution in [2.45, 2.75) is 44.3 Å². The van der Waals surface area contributed by atoms with Crippen LogP contribution in [0, 0.1) is 0 Å². The molecule has 0 aliphatic carbocycles. The molecule has 24 heavy (non-hydrogen) atoms. The lowest BCUT2D eigenvalue weighted by atomic mass is 10.2. The molecule has 0 saturated carbocycles. The number of furan rings is 1. The molecular weight excluding hydrogens is 308 g/mol. The van der Waals surface area contributed by atoms with Crippen LogP contribution in [0.3, 0.4) is 0 Å². The van der Waals surface area contributed by atoms with Crippen molar-refractivity contribution in [1.29, 1.82) is 0 Å². The first-order valence-electron chi connectivity index (χ1n) is 8.79. The summed E-state index contributed by atoms with van der Waals surface area (Å²) >= 11 is 0. The fraction of sp³-hybridized carbons (Fsp3) is 0.647. The number of likely N-dealkylation sites (tertiary alicyclic amines) is 2. The highest BCUT2D eigenvalue weighted by Gasteiger charge is 2.32. The Bertz CT molecular complexity index is 642. The molecule has 0 spiro atoms. The van der Waals surface area contributed by atoms with Gasteiger partial charge in [-0.15, -0.1) is 0 Å². The van der Waals surface area contributed by atoms with Crippen LogP contribution in [0.2, 0.25) is 0 Å². The fourth-order valence-corrected chi connectivity index (χ4v) is 3.92. The van der Waals surface area contributed by atoms with Crippen LogP contribution in [0.4, 0.5) is 0 Å². The Balaban J connectivity index is 1.38. The van der Waals surface area contributed by atoms with Gasteiger partial charge in [-0.1, -0.05) is 5.16 Å². The number of aliphatic hydroxyl groups excluding tert-OH is 1. The van der Waals surface area contributed by atoms with E-state index >= 15 is 0 Å². The van der Waals surface area contributed by atoms with Gasteiger partial charge in [0.2, 0.25) is 11.7 Å². The number of hydrogen-bond donors (Lipinski definition) is 1. The molecule has 130 valence electrons. The second kappa shape index (κ2) is 7.04. The van der Waals surface area contributed by atoms with Gasteiger partial charge in [-0.2, -0.15) is 4.98 Å². The van der Waals surface area contributed by atoms with Crippen LogP contribution in [0.25, 0.3) is 11.6 Å². The summed E-state index contributed by atoms with van der Waals surface area (Å²) in [7, 11) is 0. The standard InChI is InChI=1S/C17H24N4O3/c22-12-14-5-2-7-20(14)10-13-4-1-8-21(13)11-16-18-17(19-24-16)15-6-3-9-23-15/h3,6,9,13-14,22H,1-2,4-5,7-8,10-12H2/t13-,14-/m0/s1. The summed E-state index contributed by atoms with van der Waals surface area (Å²) < 4.78 is 10.7. The molecule has 4 heterocycles. The summed E-state index contributed by atoms with van der Waals surface area (Å²) in [4.78, 5) is 9.31. The summed E-state index contributed by atoms with van der Waals surface area (Å²) in [5, 5.41) is 13.5. The van der Waals surface area contributed by atoms with Gasteiger partial charge in [-0.05, 0) is 50.9 Å². The Morgan fingerprint density at radius 1 is 1.17 bits per heavy atom. The summed E-state index contributed by atoms with van der Waals surface area (Å²) in [6.45, 7) is 4.11. The zero-order chi connectivity index (χ0) is 16.4. The van der Waals surface area contributed by atoms with Crippen LogP contribution in [0.1, 0.15) is 31.6 Å². The van der Waals surface area contributed by atoms with Crippen molar-refractivity contribution in [3.8, 4) is 11.6 Å². The molecule has 7 nitrogen and oxygen atoms in total. The maximum atomic E-state index is 9.51. The third-order valence-electron chi connectivity index (χ3n) is 5.20. The normalized spacial score (nSPS) is 25.7. The van der Waals surface area contributed by atoms with Crippen LogP contribution in [-0.2, 0) is 6.54 Å². The van der Waals surface area contributed by atoms with E-state index in [-0.39, 0.29) is 6.61 Å². The summed E-state index contributed by atoms with van der Waals surface area (Å²) in [6, 6.07) is 4.48. The van der Waals surface area contributed by atoms with E-state index in [0.717, 1.165) is 26.1 Å². The van der Waals surface area contributed by atoms with Crippen molar-refractivity contribution >= 4 is 0 Å². The van der Waals surface area contributed by atoms with Crippen LogP contribution in [0.5, 0.6) is 0 Å². The zero-order valence-electron chi connectivity index (χ0n) is 13.8. The Morgan fingerprint density at radius 2 is 2.00 bits per heavy atom. The molecule has 0 radical (unpaired) electrons. The van der Waals surface area contributed by atoms with Crippen molar-refractivity contribution in [2.24, 2.45) is 0 Å². The van der Waals surface area contributed by atoms with Crippen molar-refractivity contribution < 1.29 is 14.0 Å². The van der Waals surface area contributed by atoms with Gasteiger partial charge in [0, 0.05) is 18.6 Å². The van der Waals surface area contributed by atoms with Crippen LogP contribution >= 0.6 is 0 Å². The molecule has 0 unspecified atom stereocenters. The summed E-state index contributed by atoms with van der Waals surface area (Å²) in [5.41, 5.74) is 0. The predicted molar refractivity (Wildman–Crippen MR) is 87.1 cm³/mol. The molecule has 2 aromatic heterocycles. The minimum Gasteiger partial charge on any atom is -0.461 e. The molecule has 2 aromatic rings. The van der Waals surface area contributed by atoms with Crippen molar-refractivity contribution in [2.75, 3.05) is 26.2 Å². The van der Waals surface area contributed by atoms with Crippen LogP contribution in [0.15, 0.2) is 27.3 Å². The Hall–Kier alpha value is -1.70. The first-order chi connectivity index (χ1) is 11.8. The minimum absolute atomic E-state index is 0.267. The Labute approximate surface area is 141 Å². The molecular formula is C17H24N4O3. The van der Waals surface area contributed by atoms with E-state index in [1.165, 1.54) is 19.3 Å². The molecule has 2 saturated heterocycles. The number of aromatic nitrogens is 2. The topological polar surface area (TPSA) is 78.8 Å². The maximum absolute atomic E-state index is 9.51. The highest BCUT2D eigenvalue weighted by atomic mass is 16.5. The number of nitrogens with zero attached hydrogens (tertiary/aromatic N) is 4. The van der Waals surface area contributed by atoms with E-state index in [1.807, 2.05) is 12.1 Å². The second-order valence-corrected chi connectivity index (χ2v) is 6.73. The molecule has 2 aliphatic rings. The number of aliphatic hydroxyl groups is 1. The highest BCUT2D eigenvalue weighted by molar-refractivity contribution is 5.44. The molecule has 4 rings (SSSR count). The van der Waals surface area contributed by atoms with Crippen molar-refractivity contribution in [1.82, 2.24) is 19.9 Å². The number of rotatable bonds is 6. The average Bonchev–Trinajstić information content (AvgIpc) is 3.36. The Kier molecular flexibility index (Phi) is 4.64. The molecule has 2 atom stereocenters. The lowest BCUT2D eigenvalue weighted by Crippen LogP contribution is -2.43. The predicted octanol–water partition coefficient (Wildman–Crippen LogP) is 1.75. The molecule has 0 amide bonds. The van der Waals surface area contributed by atoms with Gasteiger partial charge in [0.1, 0.15) is 0 Å². The lowest BCUT2D eigenvalue weighted by molar-refractivity contribution is 0.115. The first-order valence-corrected chi connectivity index (χ1v) is 8.79. The van der Waals surface area contributed by atoms with Gasteiger partial charge in [0.25, 0.3) is 0 Å². The summed E-state index contributed by atoms with van der Waals surface area (Å²) in [6.07, 6.45) is 6.29. The van der Waals surface area contributed by atoms with E-state index in [9.17, 15) is 5.11 Å². The molecule has 2 fully saturated rings. The van der Waals surface area contributed by atoms with E-state index < -0.39 is 0 Å². The van der Waals surface area contributed by atoms with Gasteiger partial charge in [0.15, 0.2) is 5.76 Å². The zero-order valence-corrected chi connectivity index (χ0v) is 13.8. The van der Waals surface area contributed by atoms with E-state index in [0.29, 0.717) is 36.1 Å². The van der Waals surface area contributed by atoms with E-state index in [4.69, 9.17) is 8.94 Å². The first kappa shape index (κ1) is 15.8. The minimum atomic E-state index is 0.267. The Morgan fingerprint density at radius 3 is 2.79 bits per heavy atom. The van der Waals surface area contributed by atoms with Crippen molar-refractivity contribution in [3.05, 3.63) is 24.3 Å². The van der Waals surface area contributed by atoms with Crippen LogP contribution in [-0.4, -0.2) is 63.4 Å². The third-order valence-corrected chi connectivity index (χ3v) is 5.20. The molecule has 7 heteroatoms. The maximum Gasteiger partial charge on any atom is 0.241 e. The van der Waals surface area contributed by atoms with Crippen molar-refractivity contribution in [3.63, 3.8) is 0 Å². The molecule has 0 aromatic carbocycles. The van der Waals surface area contributed by atoms with E-state index in [1.54, 1.807) is 6.26 Å². The quantitative estimate of drug-likeness (QED) is 0.863. The SMILES string of the molecule is OC[C@@H]1CCCN1C[C@@H]1CCCN1Cc1nc(-c2ccco2)no1. The van der Waals surface area contributed by atoms with Gasteiger partial charge in [-0.25, -0.2) is 0 Å². The van der Waals surface area contributed by atoms with Gasteiger partial charge >= 0.3 is 0 Å². The van der Waals surface area contributed by atoms with E-state index in [2.05, 4.69) is 19.9 Å². The second-order valence-electron chi connectivity index (χ2n) is 6.73. The monoisotopic (exact) mass is 332 g/mol. The van der Waals surface area contributed by atoms with Gasteiger partial charge < -0.3 is 14.0 Å².